The van der Waals surface area contributed by atoms with Crippen molar-refractivity contribution in [3.8, 4) is 0 Å². The zero-order chi connectivity index (χ0) is 15.3. The van der Waals surface area contributed by atoms with Gasteiger partial charge in [0.2, 0.25) is 0 Å². The van der Waals surface area contributed by atoms with E-state index in [0.29, 0.717) is 12.8 Å². The largest absolute Gasteiger partial charge is 0.405 e. The second-order valence-electron chi connectivity index (χ2n) is 4.53. The van der Waals surface area contributed by atoms with E-state index >= 15 is 0 Å². The van der Waals surface area contributed by atoms with Crippen LogP contribution in [0.25, 0.3) is 11.0 Å². The van der Waals surface area contributed by atoms with Crippen molar-refractivity contribution in [2.75, 3.05) is 13.1 Å². The molecule has 21 heavy (non-hydrogen) atoms. The Morgan fingerprint density at radius 1 is 1.24 bits per heavy atom. The molecule has 2 rings (SSSR count). The Kier molecular flexibility index (Phi) is 4.66. The van der Waals surface area contributed by atoms with Gasteiger partial charge in [-0.15, -0.1) is 0 Å². The fraction of sp³-hybridized carbons (Fsp3) is 0.385. The number of hydrogen-bond acceptors (Lipinski definition) is 2. The summed E-state index contributed by atoms with van der Waals surface area (Å²) in [6.45, 7) is -1.05. The molecule has 3 N–H and O–H groups in total. The van der Waals surface area contributed by atoms with Crippen LogP contribution in [0.1, 0.15) is 12.2 Å². The third-order valence-electron chi connectivity index (χ3n) is 2.76. The van der Waals surface area contributed by atoms with E-state index in [4.69, 9.17) is 0 Å². The summed E-state index contributed by atoms with van der Waals surface area (Å²) in [5.41, 5.74) is 1.80. The van der Waals surface area contributed by atoms with Crippen LogP contribution in [0.15, 0.2) is 24.3 Å². The highest BCUT2D eigenvalue weighted by Gasteiger charge is 2.27. The van der Waals surface area contributed by atoms with Crippen molar-refractivity contribution in [1.82, 2.24) is 20.6 Å². The minimum atomic E-state index is -4.40. The average molecular weight is 300 g/mol. The van der Waals surface area contributed by atoms with Gasteiger partial charge < -0.3 is 15.6 Å². The number of aromatic amines is 1. The molecular formula is C13H15F3N4O. The molecule has 0 atom stereocenters. The fourth-order valence-corrected chi connectivity index (χ4v) is 1.82. The number of H-pyrrole nitrogens is 1. The lowest BCUT2D eigenvalue weighted by Crippen LogP contribution is -2.41. The number of carbonyl (C=O) groups is 1. The normalized spacial score (nSPS) is 11.6. The van der Waals surface area contributed by atoms with Crippen LogP contribution in [0.4, 0.5) is 18.0 Å². The summed E-state index contributed by atoms with van der Waals surface area (Å²) in [6.07, 6.45) is -3.21. The maximum Gasteiger partial charge on any atom is 0.405 e. The standard InChI is InChI=1S/C13H15F3N4O/c14-13(15,16)8-18-12(21)17-7-3-6-11-19-9-4-1-2-5-10(9)20-11/h1-2,4-5H,3,6-8H2,(H,19,20)(H2,17,18,21). The number of nitrogens with zero attached hydrogens (tertiary/aromatic N) is 1. The molecule has 0 fully saturated rings. The van der Waals surface area contributed by atoms with Crippen LogP contribution in [0.5, 0.6) is 0 Å². The van der Waals surface area contributed by atoms with E-state index < -0.39 is 18.8 Å². The third-order valence-corrected chi connectivity index (χ3v) is 2.76. The van der Waals surface area contributed by atoms with Gasteiger partial charge in [-0.3, -0.25) is 0 Å². The van der Waals surface area contributed by atoms with Crippen LogP contribution >= 0.6 is 0 Å². The van der Waals surface area contributed by atoms with Gasteiger partial charge in [0, 0.05) is 13.0 Å². The minimum Gasteiger partial charge on any atom is -0.342 e. The summed E-state index contributed by atoms with van der Waals surface area (Å²) in [6, 6.07) is 6.76. The topological polar surface area (TPSA) is 69.8 Å². The molecule has 0 saturated carbocycles. The molecular weight excluding hydrogens is 285 g/mol. The summed E-state index contributed by atoms with van der Waals surface area (Å²) in [4.78, 5) is 18.6. The molecule has 0 saturated heterocycles. The Morgan fingerprint density at radius 2 is 2.00 bits per heavy atom. The minimum absolute atomic E-state index is 0.279. The molecule has 114 valence electrons. The summed E-state index contributed by atoms with van der Waals surface area (Å²) >= 11 is 0. The van der Waals surface area contributed by atoms with E-state index in [2.05, 4.69) is 15.3 Å². The first-order valence-electron chi connectivity index (χ1n) is 6.46. The van der Waals surface area contributed by atoms with Crippen molar-refractivity contribution in [2.45, 2.75) is 19.0 Å². The predicted octanol–water partition coefficient (Wildman–Crippen LogP) is 2.36. The van der Waals surface area contributed by atoms with Gasteiger partial charge in [-0.1, -0.05) is 12.1 Å². The van der Waals surface area contributed by atoms with Crippen molar-refractivity contribution in [1.29, 1.82) is 0 Å². The number of aryl methyl sites for hydroxylation is 1. The summed E-state index contributed by atoms with van der Waals surface area (Å²) in [7, 11) is 0. The second-order valence-corrected chi connectivity index (χ2v) is 4.53. The average Bonchev–Trinajstić information content (AvgIpc) is 2.83. The lowest BCUT2D eigenvalue weighted by molar-refractivity contribution is -0.122. The molecule has 1 aromatic heterocycles. The Morgan fingerprint density at radius 3 is 2.71 bits per heavy atom. The number of imidazole rings is 1. The number of benzene rings is 1. The highest BCUT2D eigenvalue weighted by Crippen LogP contribution is 2.12. The van der Waals surface area contributed by atoms with E-state index in [1.54, 1.807) is 5.32 Å². The molecule has 5 nitrogen and oxygen atoms in total. The number of nitrogens with one attached hydrogen (secondary N) is 3. The van der Waals surface area contributed by atoms with Gasteiger partial charge in [-0.25, -0.2) is 9.78 Å². The van der Waals surface area contributed by atoms with E-state index in [9.17, 15) is 18.0 Å². The molecule has 0 aliphatic carbocycles. The molecule has 0 unspecified atom stereocenters. The van der Waals surface area contributed by atoms with Gasteiger partial charge in [0.05, 0.1) is 11.0 Å². The monoisotopic (exact) mass is 300 g/mol. The summed E-state index contributed by atoms with van der Waals surface area (Å²) < 4.78 is 35.6. The molecule has 2 amide bonds. The van der Waals surface area contributed by atoms with Crippen molar-refractivity contribution >= 4 is 17.1 Å². The molecule has 0 bridgehead atoms. The zero-order valence-electron chi connectivity index (χ0n) is 11.1. The van der Waals surface area contributed by atoms with Gasteiger partial charge in [-0.2, -0.15) is 13.2 Å². The van der Waals surface area contributed by atoms with E-state index in [1.165, 1.54) is 0 Å². The Labute approximate surface area is 118 Å². The number of fused-ring (bicyclic) bond motifs is 1. The van der Waals surface area contributed by atoms with Crippen LogP contribution in [0.2, 0.25) is 0 Å². The van der Waals surface area contributed by atoms with Crippen molar-refractivity contribution in [3.05, 3.63) is 30.1 Å². The Hall–Kier alpha value is -2.25. The smallest absolute Gasteiger partial charge is 0.342 e. The van der Waals surface area contributed by atoms with Crippen LogP contribution in [-0.2, 0) is 6.42 Å². The first-order valence-corrected chi connectivity index (χ1v) is 6.46. The third kappa shape index (κ3) is 4.97. The van der Waals surface area contributed by atoms with Gasteiger partial charge in [0.1, 0.15) is 12.4 Å². The Balaban J connectivity index is 1.68. The number of alkyl halides is 3. The van der Waals surface area contributed by atoms with Crippen molar-refractivity contribution in [3.63, 3.8) is 0 Å². The lowest BCUT2D eigenvalue weighted by atomic mass is 10.3. The second kappa shape index (κ2) is 6.47. The molecule has 2 aromatic rings. The number of hydrogen-bond donors (Lipinski definition) is 3. The van der Waals surface area contributed by atoms with Crippen LogP contribution in [0.3, 0.4) is 0 Å². The van der Waals surface area contributed by atoms with Crippen molar-refractivity contribution < 1.29 is 18.0 Å². The van der Waals surface area contributed by atoms with Crippen LogP contribution in [0, 0.1) is 0 Å². The molecule has 0 aliphatic rings. The molecule has 0 aliphatic heterocycles. The number of rotatable bonds is 5. The van der Waals surface area contributed by atoms with E-state index in [0.717, 1.165) is 16.9 Å². The summed E-state index contributed by atoms with van der Waals surface area (Å²) in [5.74, 6) is 0.786. The van der Waals surface area contributed by atoms with Gasteiger partial charge >= 0.3 is 12.2 Å². The highest BCUT2D eigenvalue weighted by molar-refractivity contribution is 5.74. The van der Waals surface area contributed by atoms with Gasteiger partial charge in [-0.05, 0) is 18.6 Å². The summed E-state index contributed by atoms with van der Waals surface area (Å²) in [5, 5.41) is 4.11. The first-order chi connectivity index (χ1) is 9.94. The van der Waals surface area contributed by atoms with Crippen molar-refractivity contribution in [2.24, 2.45) is 0 Å². The van der Waals surface area contributed by atoms with Gasteiger partial charge in [0.25, 0.3) is 0 Å². The zero-order valence-corrected chi connectivity index (χ0v) is 11.1. The predicted molar refractivity (Wildman–Crippen MR) is 71.9 cm³/mol. The molecule has 0 spiro atoms. The highest BCUT2D eigenvalue weighted by atomic mass is 19.4. The number of halogens is 3. The maximum atomic E-state index is 11.9. The maximum absolute atomic E-state index is 11.9. The fourth-order valence-electron chi connectivity index (χ4n) is 1.82. The van der Waals surface area contributed by atoms with E-state index in [-0.39, 0.29) is 6.54 Å². The Bertz CT molecular complexity index is 576. The van der Waals surface area contributed by atoms with Gasteiger partial charge in [0.15, 0.2) is 0 Å². The number of urea groups is 1. The van der Waals surface area contributed by atoms with Crippen LogP contribution in [-0.4, -0.2) is 35.3 Å². The molecule has 8 heteroatoms. The first kappa shape index (κ1) is 15.1. The number of carbonyl (C=O) groups excluding carboxylic acids is 1. The quantitative estimate of drug-likeness (QED) is 0.742. The van der Waals surface area contributed by atoms with E-state index in [1.807, 2.05) is 24.3 Å². The van der Waals surface area contributed by atoms with Crippen LogP contribution < -0.4 is 10.6 Å². The molecule has 0 radical (unpaired) electrons. The number of aromatic nitrogens is 2. The number of para-hydroxylation sites is 2. The number of amides is 2. The molecule has 1 aromatic carbocycles. The molecule has 1 heterocycles. The SMILES string of the molecule is O=C(NCCCc1nc2ccccc2[nH]1)NCC(F)(F)F. The lowest BCUT2D eigenvalue weighted by Gasteiger charge is -2.09.